The quantitative estimate of drug-likeness (QED) is 0.417. The molecule has 0 aliphatic rings. The van der Waals surface area contributed by atoms with Crippen LogP contribution in [0.3, 0.4) is 0 Å². The molecule has 5 rings (SSSR count). The van der Waals surface area contributed by atoms with Crippen LogP contribution in [-0.4, -0.2) is 18.9 Å². The first-order valence-corrected chi connectivity index (χ1v) is 10.6. The Hall–Kier alpha value is -4.26. The van der Waals surface area contributed by atoms with Crippen molar-refractivity contribution in [1.82, 2.24) is 18.9 Å². The van der Waals surface area contributed by atoms with E-state index in [1.165, 1.54) is 21.4 Å². The van der Waals surface area contributed by atoms with E-state index in [9.17, 15) is 14.0 Å². The summed E-state index contributed by atoms with van der Waals surface area (Å²) >= 11 is 0. The van der Waals surface area contributed by atoms with Gasteiger partial charge in [-0.15, -0.1) is 0 Å². The molecule has 0 saturated heterocycles. The summed E-state index contributed by atoms with van der Waals surface area (Å²) in [6, 6.07) is 22.8. The minimum absolute atomic E-state index is 0.0418. The van der Waals surface area contributed by atoms with E-state index in [2.05, 4.69) is 4.98 Å². The summed E-state index contributed by atoms with van der Waals surface area (Å²) in [5.74, 6) is 0.0681. The van der Waals surface area contributed by atoms with Crippen molar-refractivity contribution in [2.75, 3.05) is 0 Å². The maximum absolute atomic E-state index is 14.3. The zero-order valence-electron chi connectivity index (χ0n) is 18.0. The van der Waals surface area contributed by atoms with Crippen LogP contribution in [0, 0.1) is 12.7 Å². The molecule has 164 valence electrons. The first kappa shape index (κ1) is 20.6. The average molecular weight is 440 g/mol. The second-order valence-corrected chi connectivity index (χ2v) is 7.85. The molecule has 2 aromatic carbocycles. The minimum atomic E-state index is -0.392. The Morgan fingerprint density at radius 2 is 1.61 bits per heavy atom. The standard InChI is InChI=1S/C26H21FN4O2/c1-18-25-22(15-24(32)29(18)17-20-11-5-6-12-21(20)27)30(16-19-9-3-2-4-10-19)31(26(25)33)23-13-7-8-14-28-23/h2-15H,16-17H2,1H3. The topological polar surface area (TPSA) is 61.8 Å². The predicted molar refractivity (Wildman–Crippen MR) is 125 cm³/mol. The number of fused-ring (bicyclic) bond motifs is 1. The summed E-state index contributed by atoms with van der Waals surface area (Å²) < 4.78 is 19.0. The molecule has 0 amide bonds. The van der Waals surface area contributed by atoms with Crippen molar-refractivity contribution in [3.63, 3.8) is 0 Å². The highest BCUT2D eigenvalue weighted by molar-refractivity contribution is 5.81. The van der Waals surface area contributed by atoms with Crippen LogP contribution < -0.4 is 11.1 Å². The van der Waals surface area contributed by atoms with Gasteiger partial charge in [-0.05, 0) is 30.7 Å². The van der Waals surface area contributed by atoms with Crippen LogP contribution >= 0.6 is 0 Å². The highest BCUT2D eigenvalue weighted by Gasteiger charge is 2.21. The van der Waals surface area contributed by atoms with Crippen LogP contribution in [-0.2, 0) is 13.1 Å². The van der Waals surface area contributed by atoms with Gasteiger partial charge in [-0.25, -0.2) is 9.37 Å². The summed E-state index contributed by atoms with van der Waals surface area (Å²) in [6.07, 6.45) is 1.62. The van der Waals surface area contributed by atoms with E-state index >= 15 is 0 Å². The van der Waals surface area contributed by atoms with Gasteiger partial charge in [-0.1, -0.05) is 54.6 Å². The van der Waals surface area contributed by atoms with Gasteiger partial charge in [0.05, 0.1) is 24.0 Å². The largest absolute Gasteiger partial charge is 0.307 e. The number of aryl methyl sites for hydroxylation is 1. The highest BCUT2D eigenvalue weighted by Crippen LogP contribution is 2.19. The molecule has 0 atom stereocenters. The summed E-state index contributed by atoms with van der Waals surface area (Å²) in [4.78, 5) is 31.2. The number of pyridine rings is 2. The number of aromatic nitrogens is 4. The molecule has 0 fully saturated rings. The molecule has 6 nitrogen and oxygen atoms in total. The van der Waals surface area contributed by atoms with Gasteiger partial charge in [0.15, 0.2) is 5.82 Å². The summed E-state index contributed by atoms with van der Waals surface area (Å²) in [5, 5.41) is 0.410. The molecule has 0 aliphatic carbocycles. The lowest BCUT2D eigenvalue weighted by Crippen LogP contribution is -2.24. The lowest BCUT2D eigenvalue weighted by molar-refractivity contribution is 0.593. The van der Waals surface area contributed by atoms with E-state index in [1.807, 2.05) is 36.4 Å². The number of benzene rings is 2. The van der Waals surface area contributed by atoms with E-state index in [1.54, 1.807) is 48.1 Å². The van der Waals surface area contributed by atoms with E-state index in [0.29, 0.717) is 34.5 Å². The molecule has 0 N–H and O–H groups in total. The molecule has 0 aliphatic heterocycles. The molecule has 3 aromatic heterocycles. The molecule has 7 heteroatoms. The normalized spacial score (nSPS) is 11.2. The molecule has 33 heavy (non-hydrogen) atoms. The van der Waals surface area contributed by atoms with E-state index in [0.717, 1.165) is 5.56 Å². The smallest absolute Gasteiger partial charge is 0.282 e. The second-order valence-electron chi connectivity index (χ2n) is 7.85. The van der Waals surface area contributed by atoms with Crippen molar-refractivity contribution in [3.05, 3.63) is 128 Å². The minimum Gasteiger partial charge on any atom is -0.307 e. The van der Waals surface area contributed by atoms with Crippen LogP contribution in [0.25, 0.3) is 16.7 Å². The number of rotatable bonds is 5. The second kappa shape index (κ2) is 8.35. The fourth-order valence-corrected chi connectivity index (χ4v) is 4.16. The van der Waals surface area contributed by atoms with Crippen molar-refractivity contribution in [2.45, 2.75) is 20.0 Å². The Morgan fingerprint density at radius 3 is 2.33 bits per heavy atom. The van der Waals surface area contributed by atoms with Gasteiger partial charge in [0.2, 0.25) is 0 Å². The van der Waals surface area contributed by atoms with E-state index in [4.69, 9.17) is 0 Å². The van der Waals surface area contributed by atoms with Crippen LogP contribution in [0.4, 0.5) is 4.39 Å². The van der Waals surface area contributed by atoms with Gasteiger partial charge in [-0.3, -0.25) is 14.3 Å². The van der Waals surface area contributed by atoms with Gasteiger partial charge in [0.25, 0.3) is 11.1 Å². The zero-order valence-corrected chi connectivity index (χ0v) is 18.0. The molecular formula is C26H21FN4O2. The Balaban J connectivity index is 1.77. The third-order valence-corrected chi connectivity index (χ3v) is 5.80. The molecule has 5 aromatic rings. The molecule has 3 heterocycles. The lowest BCUT2D eigenvalue weighted by atomic mass is 10.1. The predicted octanol–water partition coefficient (Wildman–Crippen LogP) is 3.89. The monoisotopic (exact) mass is 440 g/mol. The fourth-order valence-electron chi connectivity index (χ4n) is 4.16. The zero-order chi connectivity index (χ0) is 22.9. The van der Waals surface area contributed by atoms with Crippen LogP contribution in [0.15, 0.2) is 94.6 Å². The van der Waals surface area contributed by atoms with Gasteiger partial charge in [0.1, 0.15) is 5.82 Å². The van der Waals surface area contributed by atoms with Crippen molar-refractivity contribution < 1.29 is 4.39 Å². The fraction of sp³-hybridized carbons (Fsp3) is 0.115. The average Bonchev–Trinajstić information content (AvgIpc) is 3.10. The van der Waals surface area contributed by atoms with Crippen molar-refractivity contribution in [1.29, 1.82) is 0 Å². The van der Waals surface area contributed by atoms with Crippen LogP contribution in [0.1, 0.15) is 16.8 Å². The Bertz CT molecular complexity index is 1570. The maximum Gasteiger partial charge on any atom is 0.282 e. The lowest BCUT2D eigenvalue weighted by Gasteiger charge is -2.13. The third kappa shape index (κ3) is 3.67. The van der Waals surface area contributed by atoms with Gasteiger partial charge >= 0.3 is 0 Å². The van der Waals surface area contributed by atoms with Gasteiger partial charge in [-0.2, -0.15) is 4.68 Å². The molecule has 0 radical (unpaired) electrons. The molecule has 0 bridgehead atoms. The van der Waals surface area contributed by atoms with E-state index < -0.39 is 5.82 Å². The van der Waals surface area contributed by atoms with Crippen molar-refractivity contribution >= 4 is 10.9 Å². The van der Waals surface area contributed by atoms with Crippen LogP contribution in [0.5, 0.6) is 0 Å². The summed E-state index contributed by atoms with van der Waals surface area (Å²) in [5.41, 5.74) is 1.79. The van der Waals surface area contributed by atoms with Gasteiger partial charge in [0, 0.05) is 23.5 Å². The Morgan fingerprint density at radius 1 is 0.879 bits per heavy atom. The van der Waals surface area contributed by atoms with Gasteiger partial charge < -0.3 is 4.57 Å². The molecule has 0 saturated carbocycles. The number of nitrogens with zero attached hydrogens (tertiary/aromatic N) is 4. The highest BCUT2D eigenvalue weighted by atomic mass is 19.1. The third-order valence-electron chi connectivity index (χ3n) is 5.80. The maximum atomic E-state index is 14.3. The summed E-state index contributed by atoms with van der Waals surface area (Å²) in [6.45, 7) is 2.15. The first-order valence-electron chi connectivity index (χ1n) is 10.6. The number of hydrogen-bond acceptors (Lipinski definition) is 3. The van der Waals surface area contributed by atoms with Crippen molar-refractivity contribution in [3.8, 4) is 5.82 Å². The van der Waals surface area contributed by atoms with Crippen molar-refractivity contribution in [2.24, 2.45) is 0 Å². The number of halogens is 1. The molecular weight excluding hydrogens is 419 g/mol. The molecule has 0 spiro atoms. The Kier molecular flexibility index (Phi) is 5.22. The SMILES string of the molecule is Cc1c2c(=O)n(-c3ccccn3)n(Cc3ccccc3)c2cc(=O)n1Cc1ccccc1F. The Labute approximate surface area is 188 Å². The summed E-state index contributed by atoms with van der Waals surface area (Å²) in [7, 11) is 0. The van der Waals surface area contributed by atoms with Crippen LogP contribution in [0.2, 0.25) is 0 Å². The first-order chi connectivity index (χ1) is 16.0. The number of hydrogen-bond donors (Lipinski definition) is 0. The van der Waals surface area contributed by atoms with E-state index in [-0.39, 0.29) is 17.7 Å². The molecule has 0 unspecified atom stereocenters.